The van der Waals surface area contributed by atoms with Crippen LogP contribution < -0.4 is 10.1 Å². The molecular formula is C17H24FNO. The van der Waals surface area contributed by atoms with Gasteiger partial charge in [-0.05, 0) is 51.3 Å². The molecule has 0 bridgehead atoms. The molecule has 0 heterocycles. The van der Waals surface area contributed by atoms with Gasteiger partial charge >= 0.3 is 0 Å². The zero-order chi connectivity index (χ0) is 14.4. The van der Waals surface area contributed by atoms with Crippen molar-refractivity contribution in [1.82, 2.24) is 5.32 Å². The van der Waals surface area contributed by atoms with Crippen molar-refractivity contribution in [3.8, 4) is 5.75 Å². The van der Waals surface area contributed by atoms with Crippen molar-refractivity contribution >= 4 is 0 Å². The molecule has 2 atom stereocenters. The van der Waals surface area contributed by atoms with Crippen LogP contribution in [0.2, 0.25) is 0 Å². The van der Waals surface area contributed by atoms with Gasteiger partial charge in [0, 0.05) is 17.7 Å². The number of benzene rings is 1. The lowest BCUT2D eigenvalue weighted by atomic mass is 10.0. The molecule has 1 N–H and O–H groups in total. The Kier molecular flexibility index (Phi) is 5.60. The maximum atomic E-state index is 13.5. The van der Waals surface area contributed by atoms with Crippen LogP contribution in [0.4, 0.5) is 4.39 Å². The molecule has 1 aromatic rings. The highest BCUT2D eigenvalue weighted by atomic mass is 19.1. The molecule has 0 fully saturated rings. The molecule has 0 radical (unpaired) electrons. The Hall–Kier alpha value is -1.35. The van der Waals surface area contributed by atoms with Crippen LogP contribution in [-0.4, -0.2) is 12.6 Å². The number of halogens is 1. The third-order valence-electron chi connectivity index (χ3n) is 3.63. The van der Waals surface area contributed by atoms with E-state index in [-0.39, 0.29) is 18.0 Å². The summed E-state index contributed by atoms with van der Waals surface area (Å²) in [7, 11) is 0. The second-order valence-corrected chi connectivity index (χ2v) is 5.37. The van der Waals surface area contributed by atoms with E-state index in [0.29, 0.717) is 5.75 Å². The first kappa shape index (κ1) is 15.0. The Morgan fingerprint density at radius 3 is 3.00 bits per heavy atom. The first-order valence-electron chi connectivity index (χ1n) is 7.57. The Morgan fingerprint density at radius 2 is 2.30 bits per heavy atom. The highest BCUT2D eigenvalue weighted by Crippen LogP contribution is 2.28. The van der Waals surface area contributed by atoms with E-state index >= 15 is 0 Å². The first-order chi connectivity index (χ1) is 9.70. The number of ether oxygens (including phenoxy) is 1. The van der Waals surface area contributed by atoms with Crippen LogP contribution in [-0.2, 0) is 0 Å². The minimum Gasteiger partial charge on any atom is -0.486 e. The van der Waals surface area contributed by atoms with Crippen molar-refractivity contribution in [2.45, 2.75) is 51.7 Å². The smallest absolute Gasteiger partial charge is 0.127 e. The van der Waals surface area contributed by atoms with Gasteiger partial charge in [-0.1, -0.05) is 19.1 Å². The van der Waals surface area contributed by atoms with E-state index in [9.17, 15) is 4.39 Å². The number of nitrogens with one attached hydrogen (secondary N) is 1. The van der Waals surface area contributed by atoms with E-state index in [1.807, 2.05) is 6.07 Å². The fourth-order valence-corrected chi connectivity index (χ4v) is 2.48. The predicted octanol–water partition coefficient (Wildman–Crippen LogP) is 4.37. The van der Waals surface area contributed by atoms with Crippen molar-refractivity contribution in [3.05, 3.63) is 41.7 Å². The lowest BCUT2D eigenvalue weighted by Crippen LogP contribution is -2.22. The summed E-state index contributed by atoms with van der Waals surface area (Å²) in [6.07, 6.45) is 8.63. The molecule has 2 nitrogen and oxygen atoms in total. The maximum Gasteiger partial charge on any atom is 0.127 e. The highest BCUT2D eigenvalue weighted by Gasteiger charge is 2.16. The Morgan fingerprint density at radius 1 is 1.45 bits per heavy atom. The van der Waals surface area contributed by atoms with E-state index in [1.165, 1.54) is 12.1 Å². The minimum atomic E-state index is -0.244. The van der Waals surface area contributed by atoms with Crippen LogP contribution in [0.25, 0.3) is 0 Å². The summed E-state index contributed by atoms with van der Waals surface area (Å²) in [5, 5.41) is 3.43. The summed E-state index contributed by atoms with van der Waals surface area (Å²) in [6, 6.07) is 4.99. The van der Waals surface area contributed by atoms with E-state index in [4.69, 9.17) is 4.74 Å². The monoisotopic (exact) mass is 277 g/mol. The van der Waals surface area contributed by atoms with Crippen LogP contribution in [0.3, 0.4) is 0 Å². The van der Waals surface area contributed by atoms with Gasteiger partial charge in [-0.15, -0.1) is 0 Å². The van der Waals surface area contributed by atoms with Crippen LogP contribution in [0.5, 0.6) is 5.75 Å². The Bertz CT molecular complexity index is 458. The summed E-state index contributed by atoms with van der Waals surface area (Å²) in [4.78, 5) is 0. The van der Waals surface area contributed by atoms with Gasteiger partial charge in [-0.25, -0.2) is 4.39 Å². The molecule has 1 aliphatic carbocycles. The minimum absolute atomic E-state index is 0.0719. The van der Waals surface area contributed by atoms with E-state index in [1.54, 1.807) is 0 Å². The summed E-state index contributed by atoms with van der Waals surface area (Å²) in [6.45, 7) is 5.17. The maximum absolute atomic E-state index is 13.5. The molecule has 0 amide bonds. The molecule has 0 aromatic heterocycles. The fraction of sp³-hybridized carbons (Fsp3) is 0.529. The molecule has 1 aromatic carbocycles. The van der Waals surface area contributed by atoms with Crippen molar-refractivity contribution in [2.75, 3.05) is 6.54 Å². The second kappa shape index (κ2) is 7.44. The van der Waals surface area contributed by atoms with Crippen LogP contribution in [0.15, 0.2) is 30.4 Å². The number of hydrogen-bond donors (Lipinski definition) is 1. The van der Waals surface area contributed by atoms with Gasteiger partial charge in [0.1, 0.15) is 17.7 Å². The van der Waals surface area contributed by atoms with Crippen LogP contribution in [0.1, 0.15) is 51.1 Å². The topological polar surface area (TPSA) is 21.3 Å². The van der Waals surface area contributed by atoms with Crippen molar-refractivity contribution < 1.29 is 9.13 Å². The molecule has 110 valence electrons. The standard InChI is InChI=1S/C17H24FNO/c1-3-11-19-13(2)16-10-9-14(18)12-17(16)20-15-7-5-4-6-8-15/h5,7,9-10,12-13,15,19H,3-4,6,8,11H2,1-2H3. The summed E-state index contributed by atoms with van der Waals surface area (Å²) in [5.41, 5.74) is 1.03. The average Bonchev–Trinajstić information content (AvgIpc) is 2.46. The van der Waals surface area contributed by atoms with Gasteiger partial charge in [0.2, 0.25) is 0 Å². The lowest BCUT2D eigenvalue weighted by molar-refractivity contribution is 0.225. The summed E-state index contributed by atoms with van der Waals surface area (Å²) >= 11 is 0. The highest BCUT2D eigenvalue weighted by molar-refractivity contribution is 5.36. The van der Waals surface area contributed by atoms with Crippen molar-refractivity contribution in [1.29, 1.82) is 0 Å². The van der Waals surface area contributed by atoms with Crippen molar-refractivity contribution in [3.63, 3.8) is 0 Å². The van der Waals surface area contributed by atoms with Gasteiger partial charge in [-0.3, -0.25) is 0 Å². The molecule has 0 saturated carbocycles. The van der Waals surface area contributed by atoms with Crippen LogP contribution >= 0.6 is 0 Å². The molecule has 2 rings (SSSR count). The van der Waals surface area contributed by atoms with Gasteiger partial charge in [0.15, 0.2) is 0 Å². The van der Waals surface area contributed by atoms with E-state index in [0.717, 1.165) is 37.8 Å². The third-order valence-corrected chi connectivity index (χ3v) is 3.63. The molecule has 1 aliphatic rings. The van der Waals surface area contributed by atoms with E-state index in [2.05, 4.69) is 31.3 Å². The zero-order valence-corrected chi connectivity index (χ0v) is 12.4. The zero-order valence-electron chi connectivity index (χ0n) is 12.4. The third kappa shape index (κ3) is 4.07. The van der Waals surface area contributed by atoms with Gasteiger partial charge in [0.05, 0.1) is 0 Å². The quantitative estimate of drug-likeness (QED) is 0.779. The SMILES string of the molecule is CCCNC(C)c1ccc(F)cc1OC1C=CCCC1. The normalized spacial score (nSPS) is 19.9. The summed E-state index contributed by atoms with van der Waals surface area (Å²) < 4.78 is 19.5. The average molecular weight is 277 g/mol. The number of allylic oxidation sites excluding steroid dienone is 1. The van der Waals surface area contributed by atoms with Gasteiger partial charge < -0.3 is 10.1 Å². The lowest BCUT2D eigenvalue weighted by Gasteiger charge is -2.23. The van der Waals surface area contributed by atoms with Gasteiger partial charge in [0.25, 0.3) is 0 Å². The first-order valence-corrected chi connectivity index (χ1v) is 7.57. The fourth-order valence-electron chi connectivity index (χ4n) is 2.48. The second-order valence-electron chi connectivity index (χ2n) is 5.37. The largest absolute Gasteiger partial charge is 0.486 e. The Labute approximate surface area is 121 Å². The van der Waals surface area contributed by atoms with Gasteiger partial charge in [-0.2, -0.15) is 0 Å². The molecule has 0 spiro atoms. The van der Waals surface area contributed by atoms with Crippen LogP contribution in [0, 0.1) is 5.82 Å². The summed E-state index contributed by atoms with van der Waals surface area (Å²) in [5.74, 6) is 0.420. The molecule has 0 aliphatic heterocycles. The predicted molar refractivity (Wildman–Crippen MR) is 80.5 cm³/mol. The molecule has 0 saturated heterocycles. The van der Waals surface area contributed by atoms with Crippen molar-refractivity contribution in [2.24, 2.45) is 0 Å². The Balaban J connectivity index is 2.14. The molecule has 2 unspecified atom stereocenters. The van der Waals surface area contributed by atoms with E-state index < -0.39 is 0 Å². The number of hydrogen-bond acceptors (Lipinski definition) is 2. The molecular weight excluding hydrogens is 253 g/mol. The molecule has 20 heavy (non-hydrogen) atoms. The molecule has 3 heteroatoms. The number of rotatable bonds is 6.